The number of hydrogen-bond donors (Lipinski definition) is 3. The molecule has 3 N–H and O–H groups in total. The lowest BCUT2D eigenvalue weighted by Gasteiger charge is -2.45. The van der Waals surface area contributed by atoms with Gasteiger partial charge < -0.3 is 29.5 Å². The maximum absolute atomic E-state index is 11.0. The van der Waals surface area contributed by atoms with Gasteiger partial charge in [0.15, 0.2) is 0 Å². The summed E-state index contributed by atoms with van der Waals surface area (Å²) in [4.78, 5) is 0. The predicted octanol–water partition coefficient (Wildman–Crippen LogP) is 2.84. The number of hydrogen-bond acceptors (Lipinski definition) is 6. The van der Waals surface area contributed by atoms with Crippen LogP contribution in [0.25, 0.3) is 0 Å². The summed E-state index contributed by atoms with van der Waals surface area (Å²) in [6, 6.07) is 28.5. The van der Waals surface area contributed by atoms with Gasteiger partial charge in [-0.25, -0.2) is 0 Å². The molecule has 0 aliphatic heterocycles. The van der Waals surface area contributed by atoms with Gasteiger partial charge in [-0.15, -0.1) is 0 Å². The summed E-state index contributed by atoms with van der Waals surface area (Å²) in [7, 11) is 0. The molecule has 1 fully saturated rings. The minimum absolute atomic E-state index is 0.201. The van der Waals surface area contributed by atoms with Gasteiger partial charge >= 0.3 is 0 Å². The molecule has 174 valence electrons. The molecule has 0 bridgehead atoms. The number of benzene rings is 3. The van der Waals surface area contributed by atoms with Crippen LogP contribution >= 0.6 is 0 Å². The highest BCUT2D eigenvalue weighted by Gasteiger charge is 2.51. The molecule has 6 heteroatoms. The van der Waals surface area contributed by atoms with Crippen LogP contribution in [-0.2, 0) is 34.0 Å². The van der Waals surface area contributed by atoms with Gasteiger partial charge in [0, 0.05) is 0 Å². The standard InChI is InChI=1S/C27H30O6/c28-22-25(31-16-19-10-4-1-5-11-19)23(29)27(33-18-21-14-8-3-9-15-21)24(30)26(22)32-17-20-12-6-2-7-13-20/h1-15,22-30H,16-18H2/t22-,23+,24-,25-,26-,27-. The lowest BCUT2D eigenvalue weighted by molar-refractivity contribution is -0.261. The molecule has 1 aliphatic carbocycles. The largest absolute Gasteiger partial charge is 0.387 e. The first kappa shape index (κ1) is 23.6. The monoisotopic (exact) mass is 450 g/mol. The Labute approximate surface area is 194 Å². The smallest absolute Gasteiger partial charge is 0.115 e. The molecule has 4 rings (SSSR count). The molecule has 33 heavy (non-hydrogen) atoms. The van der Waals surface area contributed by atoms with E-state index < -0.39 is 36.6 Å². The summed E-state index contributed by atoms with van der Waals surface area (Å²) in [5, 5.41) is 33.0. The summed E-state index contributed by atoms with van der Waals surface area (Å²) in [6.07, 6.45) is -6.68. The van der Waals surface area contributed by atoms with Gasteiger partial charge in [0.2, 0.25) is 0 Å². The van der Waals surface area contributed by atoms with Crippen molar-refractivity contribution in [3.63, 3.8) is 0 Å². The molecule has 0 amide bonds. The zero-order chi connectivity index (χ0) is 23.0. The van der Waals surface area contributed by atoms with Crippen molar-refractivity contribution in [1.29, 1.82) is 0 Å². The zero-order valence-corrected chi connectivity index (χ0v) is 18.3. The average Bonchev–Trinajstić information content (AvgIpc) is 2.86. The lowest BCUT2D eigenvalue weighted by Crippen LogP contribution is -2.65. The number of aliphatic hydroxyl groups is 3. The molecule has 0 saturated heterocycles. The molecule has 1 aliphatic rings. The molecule has 0 unspecified atom stereocenters. The van der Waals surface area contributed by atoms with Crippen LogP contribution < -0.4 is 0 Å². The summed E-state index contributed by atoms with van der Waals surface area (Å²) in [6.45, 7) is 0.603. The van der Waals surface area contributed by atoms with Crippen LogP contribution in [0, 0.1) is 0 Å². The average molecular weight is 451 g/mol. The molecule has 6 nitrogen and oxygen atoms in total. The van der Waals surface area contributed by atoms with Gasteiger partial charge in [-0.05, 0) is 16.7 Å². The van der Waals surface area contributed by atoms with Gasteiger partial charge in [-0.1, -0.05) is 91.0 Å². The molecular formula is C27H30O6. The van der Waals surface area contributed by atoms with Crippen molar-refractivity contribution in [2.45, 2.75) is 56.4 Å². The van der Waals surface area contributed by atoms with Crippen molar-refractivity contribution >= 4 is 0 Å². The van der Waals surface area contributed by atoms with Crippen molar-refractivity contribution in [2.24, 2.45) is 0 Å². The third kappa shape index (κ3) is 6.06. The van der Waals surface area contributed by atoms with E-state index in [2.05, 4.69) is 0 Å². The van der Waals surface area contributed by atoms with Gasteiger partial charge in [0.05, 0.1) is 19.8 Å². The van der Waals surface area contributed by atoms with Crippen LogP contribution in [0.15, 0.2) is 91.0 Å². The van der Waals surface area contributed by atoms with Crippen LogP contribution in [-0.4, -0.2) is 51.9 Å². The van der Waals surface area contributed by atoms with E-state index in [0.29, 0.717) is 0 Å². The van der Waals surface area contributed by atoms with Crippen molar-refractivity contribution in [1.82, 2.24) is 0 Å². The third-order valence-electron chi connectivity index (χ3n) is 5.88. The van der Waals surface area contributed by atoms with Crippen LogP contribution in [0.4, 0.5) is 0 Å². The van der Waals surface area contributed by atoms with E-state index in [9.17, 15) is 15.3 Å². The summed E-state index contributed by atoms with van der Waals surface area (Å²) < 4.78 is 17.8. The topological polar surface area (TPSA) is 88.4 Å². The quantitative estimate of drug-likeness (QED) is 0.465. The van der Waals surface area contributed by atoms with Crippen molar-refractivity contribution in [3.05, 3.63) is 108 Å². The number of ether oxygens (including phenoxy) is 3. The second-order valence-corrected chi connectivity index (χ2v) is 8.26. The van der Waals surface area contributed by atoms with Crippen molar-refractivity contribution in [2.75, 3.05) is 0 Å². The van der Waals surface area contributed by atoms with Gasteiger partial charge in [-0.3, -0.25) is 0 Å². The van der Waals surface area contributed by atoms with Crippen LogP contribution in [0.2, 0.25) is 0 Å². The number of rotatable bonds is 9. The fourth-order valence-electron chi connectivity index (χ4n) is 4.06. The Morgan fingerprint density at radius 1 is 0.424 bits per heavy atom. The highest BCUT2D eigenvalue weighted by atomic mass is 16.6. The lowest BCUT2D eigenvalue weighted by atomic mass is 9.84. The second-order valence-electron chi connectivity index (χ2n) is 8.26. The first-order chi connectivity index (χ1) is 16.1. The van der Waals surface area contributed by atoms with Gasteiger partial charge in [0.1, 0.15) is 36.6 Å². The molecule has 0 aromatic heterocycles. The van der Waals surface area contributed by atoms with E-state index >= 15 is 0 Å². The minimum atomic E-state index is -1.24. The molecule has 3 aromatic rings. The molecular weight excluding hydrogens is 420 g/mol. The Kier molecular flexibility index (Phi) is 8.23. The Morgan fingerprint density at radius 3 is 0.909 bits per heavy atom. The van der Waals surface area contributed by atoms with Crippen LogP contribution in [0.5, 0.6) is 0 Å². The van der Waals surface area contributed by atoms with Crippen molar-refractivity contribution in [3.8, 4) is 0 Å². The van der Waals surface area contributed by atoms with E-state index in [0.717, 1.165) is 16.7 Å². The van der Waals surface area contributed by atoms with E-state index in [1.165, 1.54) is 0 Å². The fourth-order valence-corrected chi connectivity index (χ4v) is 4.06. The molecule has 0 atom stereocenters. The Hall–Kier alpha value is -2.58. The van der Waals surface area contributed by atoms with Gasteiger partial charge in [-0.2, -0.15) is 0 Å². The van der Waals surface area contributed by atoms with Gasteiger partial charge in [0.25, 0.3) is 0 Å². The Balaban J connectivity index is 1.49. The molecule has 0 spiro atoms. The van der Waals surface area contributed by atoms with E-state index in [1.807, 2.05) is 91.0 Å². The Bertz CT molecular complexity index is 813. The predicted molar refractivity (Wildman–Crippen MR) is 123 cm³/mol. The first-order valence-corrected chi connectivity index (χ1v) is 11.1. The van der Waals surface area contributed by atoms with E-state index in [4.69, 9.17) is 14.2 Å². The minimum Gasteiger partial charge on any atom is -0.387 e. The van der Waals surface area contributed by atoms with Crippen molar-refractivity contribution < 1.29 is 29.5 Å². The Morgan fingerprint density at radius 2 is 0.667 bits per heavy atom. The number of aliphatic hydroxyl groups excluding tert-OH is 3. The maximum atomic E-state index is 11.0. The first-order valence-electron chi connectivity index (χ1n) is 11.1. The molecule has 1 saturated carbocycles. The second kappa shape index (κ2) is 11.5. The molecule has 3 aromatic carbocycles. The van der Waals surface area contributed by atoms with Crippen LogP contribution in [0.3, 0.4) is 0 Å². The normalized spacial score (nSPS) is 27.4. The highest BCUT2D eigenvalue weighted by molar-refractivity contribution is 5.16. The van der Waals surface area contributed by atoms with Crippen LogP contribution in [0.1, 0.15) is 16.7 Å². The fraction of sp³-hybridized carbons (Fsp3) is 0.333. The summed E-state index contributed by atoms with van der Waals surface area (Å²) in [5.74, 6) is 0. The molecule has 0 heterocycles. The maximum Gasteiger partial charge on any atom is 0.115 e. The van der Waals surface area contributed by atoms with E-state index in [1.54, 1.807) is 0 Å². The zero-order valence-electron chi connectivity index (χ0n) is 18.3. The molecule has 0 radical (unpaired) electrons. The van der Waals surface area contributed by atoms with E-state index in [-0.39, 0.29) is 19.8 Å². The third-order valence-corrected chi connectivity index (χ3v) is 5.88. The summed E-state index contributed by atoms with van der Waals surface area (Å²) in [5.41, 5.74) is 2.73. The highest BCUT2D eigenvalue weighted by Crippen LogP contribution is 2.30. The summed E-state index contributed by atoms with van der Waals surface area (Å²) >= 11 is 0. The SMILES string of the molecule is O[C@H]1[C@H](OCc2ccccc2)[C@@H](O)[C@H](OCc2ccccc2)[C@@H](O)[C@H]1OCc1ccccc1.